The number of ether oxygens (including phenoxy) is 1. The highest BCUT2D eigenvalue weighted by Crippen LogP contribution is 2.66. The molecule has 42 heavy (non-hydrogen) atoms. The lowest BCUT2D eigenvalue weighted by Crippen LogP contribution is -2.47. The molecule has 230 valence electrons. The molecular weight excluding hydrogens is 546 g/mol. The van der Waals surface area contributed by atoms with Crippen molar-refractivity contribution in [2.24, 2.45) is 5.92 Å². The minimum absolute atomic E-state index is 0.102. The van der Waals surface area contributed by atoms with E-state index in [1.807, 2.05) is 0 Å². The van der Waals surface area contributed by atoms with Crippen LogP contribution in [0.25, 0.3) is 0 Å². The Kier molecular flexibility index (Phi) is 9.57. The van der Waals surface area contributed by atoms with E-state index in [2.05, 4.69) is 50.3 Å². The highest BCUT2D eigenvalue weighted by atomic mass is 31.1. The summed E-state index contributed by atoms with van der Waals surface area (Å²) in [6.45, 7) is 5.13. The van der Waals surface area contributed by atoms with E-state index in [0.29, 0.717) is 5.92 Å². The van der Waals surface area contributed by atoms with E-state index < -0.39 is 0 Å². The Labute approximate surface area is 260 Å². The Morgan fingerprint density at radius 1 is 0.619 bits per heavy atom. The van der Waals surface area contributed by atoms with E-state index in [9.17, 15) is 0 Å². The molecule has 1 aromatic carbocycles. The van der Waals surface area contributed by atoms with Crippen LogP contribution in [0, 0.1) is 5.92 Å². The Morgan fingerprint density at radius 2 is 1.10 bits per heavy atom. The van der Waals surface area contributed by atoms with Crippen LogP contribution in [0.1, 0.15) is 148 Å². The molecular formula is C39H58OP2. The maximum Gasteiger partial charge on any atom is 0.131 e. The number of para-hydroxylation sites is 1. The van der Waals surface area contributed by atoms with Gasteiger partial charge in [-0.05, 0) is 79.3 Å². The van der Waals surface area contributed by atoms with Crippen LogP contribution in [0.5, 0.6) is 5.75 Å². The van der Waals surface area contributed by atoms with Crippen molar-refractivity contribution in [1.29, 1.82) is 0 Å². The SMILES string of the molecule is CC1(C)c2cccc(P(C3CCCCC3)C3CCCCC3)c2O[C@H]2C(P(C3CCCCC3)C3CCCCC3)=CC=C[C@@H]21. The standard InChI is InChI=1S/C39H58OP2/c1-39(2)33-25-15-27-35(41(29-17-7-3-8-18-29)30-19-9-4-10-20-30)37(33)40-38-34(39)26-16-28-36(38)42(31-21-11-5-12-22-31)32-23-13-6-14-24-32/h15-16,25-33,37H,3-14,17-24H2,1-2H3/t33-,37+/m0/s1. The fraction of sp³-hybridized carbons (Fsp3) is 0.744. The first-order chi connectivity index (χ1) is 20.6. The molecule has 1 aliphatic heterocycles. The van der Waals surface area contributed by atoms with Crippen molar-refractivity contribution >= 4 is 21.1 Å². The van der Waals surface area contributed by atoms with Crippen LogP contribution in [-0.2, 0) is 5.41 Å². The molecule has 0 N–H and O–H groups in total. The van der Waals surface area contributed by atoms with Crippen LogP contribution in [-0.4, -0.2) is 28.7 Å². The molecule has 7 rings (SSSR count). The smallest absolute Gasteiger partial charge is 0.131 e. The first kappa shape index (κ1) is 30.0. The lowest BCUT2D eigenvalue weighted by Gasteiger charge is -2.51. The molecule has 1 aromatic rings. The monoisotopic (exact) mass is 604 g/mol. The maximum atomic E-state index is 7.65. The van der Waals surface area contributed by atoms with Gasteiger partial charge in [-0.25, -0.2) is 0 Å². The third-order valence-electron chi connectivity index (χ3n) is 12.4. The second-order valence-corrected chi connectivity index (χ2v) is 20.9. The summed E-state index contributed by atoms with van der Waals surface area (Å²) in [4.78, 5) is 0. The molecule has 2 atom stereocenters. The van der Waals surface area contributed by atoms with Crippen molar-refractivity contribution in [2.45, 2.75) is 176 Å². The van der Waals surface area contributed by atoms with Gasteiger partial charge in [-0.1, -0.05) is 143 Å². The Bertz CT molecular complexity index is 1080. The number of benzene rings is 1. The molecule has 0 saturated heterocycles. The predicted molar refractivity (Wildman–Crippen MR) is 186 cm³/mol. The molecule has 1 heterocycles. The quantitative estimate of drug-likeness (QED) is 0.294. The first-order valence-corrected chi connectivity index (χ1v) is 21.3. The molecule has 0 spiro atoms. The largest absolute Gasteiger partial charge is 0.484 e. The van der Waals surface area contributed by atoms with Gasteiger partial charge in [0.1, 0.15) is 11.9 Å². The minimum Gasteiger partial charge on any atom is -0.484 e. The number of fused-ring (bicyclic) bond motifs is 2. The van der Waals surface area contributed by atoms with Gasteiger partial charge in [0, 0.05) is 22.2 Å². The summed E-state index contributed by atoms with van der Waals surface area (Å²) >= 11 is 0. The lowest BCUT2D eigenvalue weighted by molar-refractivity contribution is 0.120. The van der Waals surface area contributed by atoms with Gasteiger partial charge in [0.05, 0.1) is 0 Å². The van der Waals surface area contributed by atoms with Gasteiger partial charge >= 0.3 is 0 Å². The summed E-state index contributed by atoms with van der Waals surface area (Å²) in [5.41, 5.74) is 5.31. The van der Waals surface area contributed by atoms with Crippen molar-refractivity contribution in [3.63, 3.8) is 0 Å². The van der Waals surface area contributed by atoms with E-state index in [4.69, 9.17) is 4.74 Å². The molecule has 0 bridgehead atoms. The molecule has 6 aliphatic rings. The second-order valence-electron chi connectivity index (χ2n) is 15.4. The average molecular weight is 605 g/mol. The second kappa shape index (κ2) is 13.4. The zero-order valence-electron chi connectivity index (χ0n) is 26.9. The van der Waals surface area contributed by atoms with Gasteiger partial charge < -0.3 is 4.74 Å². The number of hydrogen-bond acceptors (Lipinski definition) is 1. The summed E-state index contributed by atoms with van der Waals surface area (Å²) < 4.78 is 7.65. The molecule has 4 saturated carbocycles. The third kappa shape index (κ3) is 5.87. The summed E-state index contributed by atoms with van der Waals surface area (Å²) in [5.74, 6) is 1.82. The topological polar surface area (TPSA) is 9.23 Å². The number of allylic oxidation sites excluding steroid dienone is 2. The molecule has 1 nitrogen and oxygen atoms in total. The molecule has 0 unspecified atom stereocenters. The summed E-state index contributed by atoms with van der Waals surface area (Å²) in [6, 6.07) is 7.46. The van der Waals surface area contributed by atoms with Crippen molar-refractivity contribution in [3.8, 4) is 5.75 Å². The summed E-state index contributed by atoms with van der Waals surface area (Å²) in [7, 11) is -0.332. The Balaban J connectivity index is 1.29. The highest BCUT2D eigenvalue weighted by Gasteiger charge is 2.49. The van der Waals surface area contributed by atoms with Gasteiger partial charge in [-0.3, -0.25) is 0 Å². The fourth-order valence-corrected chi connectivity index (χ4v) is 18.1. The van der Waals surface area contributed by atoms with Crippen LogP contribution >= 0.6 is 15.8 Å². The molecule has 5 aliphatic carbocycles. The van der Waals surface area contributed by atoms with E-state index in [1.54, 1.807) is 10.6 Å². The van der Waals surface area contributed by atoms with Gasteiger partial charge in [0.15, 0.2) is 0 Å². The fourth-order valence-electron chi connectivity index (χ4n) is 10.2. The van der Waals surface area contributed by atoms with Gasteiger partial charge in [-0.15, -0.1) is 0 Å². The van der Waals surface area contributed by atoms with E-state index in [0.717, 1.165) is 22.6 Å². The van der Waals surface area contributed by atoms with Crippen LogP contribution < -0.4 is 10.0 Å². The van der Waals surface area contributed by atoms with E-state index in [1.165, 1.54) is 140 Å². The molecule has 0 amide bonds. The normalized spacial score (nSPS) is 29.7. The number of rotatable bonds is 6. The van der Waals surface area contributed by atoms with Crippen molar-refractivity contribution < 1.29 is 4.74 Å². The summed E-state index contributed by atoms with van der Waals surface area (Å²) in [5, 5.41) is 3.45. The number of hydrogen-bond donors (Lipinski definition) is 0. The van der Waals surface area contributed by atoms with Gasteiger partial charge in [0.25, 0.3) is 0 Å². The predicted octanol–water partition coefficient (Wildman–Crippen LogP) is 11.7. The van der Waals surface area contributed by atoms with E-state index >= 15 is 0 Å². The Hall–Kier alpha value is -0.640. The van der Waals surface area contributed by atoms with Crippen LogP contribution in [0.4, 0.5) is 0 Å². The van der Waals surface area contributed by atoms with Gasteiger partial charge in [0.2, 0.25) is 0 Å². The zero-order chi connectivity index (χ0) is 28.5. The molecule has 3 heteroatoms. The highest BCUT2D eigenvalue weighted by molar-refractivity contribution is 7.67. The minimum atomic E-state index is -0.184. The molecule has 0 aromatic heterocycles. The first-order valence-electron chi connectivity index (χ1n) is 18.4. The van der Waals surface area contributed by atoms with Gasteiger partial charge in [-0.2, -0.15) is 0 Å². The lowest BCUT2D eigenvalue weighted by atomic mass is 9.68. The van der Waals surface area contributed by atoms with Crippen LogP contribution in [0.3, 0.4) is 0 Å². The van der Waals surface area contributed by atoms with E-state index in [-0.39, 0.29) is 27.4 Å². The summed E-state index contributed by atoms with van der Waals surface area (Å²) in [6.07, 6.45) is 37.1. The molecule has 4 fully saturated rings. The maximum absolute atomic E-state index is 7.65. The third-order valence-corrected chi connectivity index (χ3v) is 19.5. The van der Waals surface area contributed by atoms with Crippen molar-refractivity contribution in [2.75, 3.05) is 0 Å². The molecule has 0 radical (unpaired) electrons. The van der Waals surface area contributed by atoms with Crippen molar-refractivity contribution in [3.05, 3.63) is 47.3 Å². The Morgan fingerprint density at radius 3 is 1.60 bits per heavy atom. The average Bonchev–Trinajstić information content (AvgIpc) is 3.04. The zero-order valence-corrected chi connectivity index (χ0v) is 28.7. The van der Waals surface area contributed by atoms with Crippen molar-refractivity contribution in [1.82, 2.24) is 0 Å². The van der Waals surface area contributed by atoms with Crippen LogP contribution in [0.2, 0.25) is 0 Å². The van der Waals surface area contributed by atoms with Crippen LogP contribution in [0.15, 0.2) is 41.7 Å².